The van der Waals surface area contributed by atoms with Crippen LogP contribution in [-0.4, -0.2) is 22.1 Å². The largest absolute Gasteiger partial charge is 0.481 e. The van der Waals surface area contributed by atoms with Crippen LogP contribution >= 0.6 is 11.8 Å². The molecule has 2 nitrogen and oxygen atoms in total. The van der Waals surface area contributed by atoms with Crippen LogP contribution < -0.4 is 0 Å². The number of rotatable bonds is 12. The van der Waals surface area contributed by atoms with Gasteiger partial charge in [0.2, 0.25) is 0 Å². The van der Waals surface area contributed by atoms with Gasteiger partial charge in [-0.1, -0.05) is 52.4 Å². The topological polar surface area (TPSA) is 37.3 Å². The molecule has 0 aromatic heterocycles. The van der Waals surface area contributed by atoms with Gasteiger partial charge in [-0.3, -0.25) is 4.79 Å². The van der Waals surface area contributed by atoms with Crippen LogP contribution in [0.1, 0.15) is 71.6 Å². The van der Waals surface area contributed by atoms with Gasteiger partial charge in [0.15, 0.2) is 0 Å². The second-order valence-corrected chi connectivity index (χ2v) is 6.04. The number of carboxylic acid groups (broad SMARTS) is 1. The Kier molecular flexibility index (Phi) is 12.2. The molecule has 0 amide bonds. The number of unbranched alkanes of at least 4 members (excludes halogenated alkanes) is 4. The van der Waals surface area contributed by atoms with Crippen molar-refractivity contribution in [1.82, 2.24) is 0 Å². The molecule has 0 aromatic carbocycles. The Hall–Kier alpha value is -0.180. The van der Waals surface area contributed by atoms with Gasteiger partial charge in [-0.15, -0.1) is 0 Å². The zero-order chi connectivity index (χ0) is 12.9. The molecule has 0 radical (unpaired) electrons. The maximum Gasteiger partial charge on any atom is 0.304 e. The third-order valence-electron chi connectivity index (χ3n) is 2.93. The van der Waals surface area contributed by atoms with Gasteiger partial charge in [0.25, 0.3) is 0 Å². The molecule has 0 aromatic rings. The molecule has 0 unspecified atom stereocenters. The number of carbonyl (C=O) groups is 1. The maximum absolute atomic E-state index is 10.5. The minimum atomic E-state index is -0.668. The molecule has 0 aliphatic heterocycles. The highest BCUT2D eigenvalue weighted by Gasteiger charge is 2.09. The summed E-state index contributed by atoms with van der Waals surface area (Å²) in [6, 6.07) is 0. The predicted octanol–water partition coefficient (Wildman–Crippen LogP) is 4.72. The highest BCUT2D eigenvalue weighted by molar-refractivity contribution is 7.99. The minimum absolute atomic E-state index is 0.308. The second-order valence-electron chi connectivity index (χ2n) is 4.63. The normalized spacial score (nSPS) is 11.0. The van der Waals surface area contributed by atoms with Crippen LogP contribution in [0.4, 0.5) is 0 Å². The first-order chi connectivity index (χ1) is 8.20. The zero-order valence-corrected chi connectivity index (χ0v) is 12.2. The van der Waals surface area contributed by atoms with Crippen molar-refractivity contribution in [2.75, 3.05) is 5.75 Å². The van der Waals surface area contributed by atoms with E-state index in [0.29, 0.717) is 11.7 Å². The molecule has 3 heteroatoms. The van der Waals surface area contributed by atoms with Crippen LogP contribution in [-0.2, 0) is 4.79 Å². The molecule has 0 atom stereocenters. The molecule has 0 heterocycles. The molecule has 102 valence electrons. The van der Waals surface area contributed by atoms with Crippen molar-refractivity contribution in [2.24, 2.45) is 0 Å². The van der Waals surface area contributed by atoms with Crippen LogP contribution in [0.5, 0.6) is 0 Å². The summed E-state index contributed by atoms with van der Waals surface area (Å²) in [5.41, 5.74) is 0. The lowest BCUT2D eigenvalue weighted by molar-refractivity contribution is -0.136. The van der Waals surface area contributed by atoms with E-state index in [2.05, 4.69) is 13.8 Å². The van der Waals surface area contributed by atoms with Crippen LogP contribution in [0.2, 0.25) is 0 Å². The Bertz CT molecular complexity index is 173. The van der Waals surface area contributed by atoms with E-state index in [-0.39, 0.29) is 0 Å². The first-order valence-electron chi connectivity index (χ1n) is 7.04. The number of hydrogen-bond donors (Lipinski definition) is 1. The number of aliphatic carboxylic acids is 1. The molecule has 17 heavy (non-hydrogen) atoms. The third-order valence-corrected chi connectivity index (χ3v) is 4.31. The van der Waals surface area contributed by atoms with Gasteiger partial charge in [-0.05, 0) is 12.8 Å². The van der Waals surface area contributed by atoms with Crippen molar-refractivity contribution < 1.29 is 9.90 Å². The van der Waals surface area contributed by atoms with E-state index < -0.39 is 5.97 Å². The molecule has 0 saturated heterocycles. The number of carboxylic acids is 1. The fourth-order valence-electron chi connectivity index (χ4n) is 1.87. The van der Waals surface area contributed by atoms with Crippen LogP contribution in [0.25, 0.3) is 0 Å². The van der Waals surface area contributed by atoms with E-state index in [1.807, 2.05) is 11.8 Å². The van der Waals surface area contributed by atoms with Gasteiger partial charge in [-0.25, -0.2) is 0 Å². The van der Waals surface area contributed by atoms with Gasteiger partial charge >= 0.3 is 5.97 Å². The molecule has 0 fully saturated rings. The van der Waals surface area contributed by atoms with Gasteiger partial charge in [0.05, 0.1) is 6.42 Å². The summed E-state index contributed by atoms with van der Waals surface area (Å²) >= 11 is 1.87. The fourth-order valence-corrected chi connectivity index (χ4v) is 3.16. The summed E-state index contributed by atoms with van der Waals surface area (Å²) in [6.07, 6.45) is 10.6. The molecule has 0 rings (SSSR count). The summed E-state index contributed by atoms with van der Waals surface area (Å²) in [4.78, 5) is 10.5. The van der Waals surface area contributed by atoms with Crippen molar-refractivity contribution in [3.05, 3.63) is 0 Å². The molecule has 0 bridgehead atoms. The van der Waals surface area contributed by atoms with Crippen molar-refractivity contribution in [1.29, 1.82) is 0 Å². The number of thioether (sulfide) groups is 1. The van der Waals surface area contributed by atoms with E-state index in [4.69, 9.17) is 5.11 Å². The molecule has 0 spiro atoms. The molecule has 0 aliphatic carbocycles. The molecule has 0 aliphatic rings. The summed E-state index contributed by atoms with van der Waals surface area (Å²) in [6.45, 7) is 4.45. The summed E-state index contributed by atoms with van der Waals surface area (Å²) in [5, 5.41) is 9.33. The average molecular weight is 260 g/mol. The van der Waals surface area contributed by atoms with E-state index in [0.717, 1.165) is 5.75 Å². The lowest BCUT2D eigenvalue weighted by atomic mass is 10.1. The van der Waals surface area contributed by atoms with Gasteiger partial charge < -0.3 is 5.11 Å². The smallest absolute Gasteiger partial charge is 0.304 e. The summed E-state index contributed by atoms with van der Waals surface area (Å²) in [5.74, 6) is 0.108. The van der Waals surface area contributed by atoms with E-state index in [9.17, 15) is 4.79 Å². The molecule has 1 N–H and O–H groups in total. The number of hydrogen-bond acceptors (Lipinski definition) is 2. The van der Waals surface area contributed by atoms with Crippen molar-refractivity contribution in [3.63, 3.8) is 0 Å². The monoisotopic (exact) mass is 260 g/mol. The van der Waals surface area contributed by atoms with Gasteiger partial charge in [0.1, 0.15) is 0 Å². The van der Waals surface area contributed by atoms with Gasteiger partial charge in [0, 0.05) is 11.0 Å². The Balaban J connectivity index is 3.71. The highest BCUT2D eigenvalue weighted by Crippen LogP contribution is 2.24. The van der Waals surface area contributed by atoms with E-state index in [1.165, 1.54) is 51.4 Å². The average Bonchev–Trinajstić information content (AvgIpc) is 2.28. The van der Waals surface area contributed by atoms with Crippen molar-refractivity contribution >= 4 is 17.7 Å². The summed E-state index contributed by atoms with van der Waals surface area (Å²) in [7, 11) is 0. The lowest BCUT2D eigenvalue weighted by Gasteiger charge is -2.15. The van der Waals surface area contributed by atoms with Crippen molar-refractivity contribution in [2.45, 2.75) is 76.9 Å². The SMILES string of the molecule is CCCCCC(CCCCC)SCCC(=O)O. The van der Waals surface area contributed by atoms with Gasteiger partial charge in [-0.2, -0.15) is 11.8 Å². The first kappa shape index (κ1) is 16.8. The zero-order valence-electron chi connectivity index (χ0n) is 11.4. The van der Waals surface area contributed by atoms with Crippen molar-refractivity contribution in [3.8, 4) is 0 Å². The fraction of sp³-hybridized carbons (Fsp3) is 0.929. The Morgan fingerprint density at radius 1 is 1.06 bits per heavy atom. The predicted molar refractivity (Wildman–Crippen MR) is 76.8 cm³/mol. The first-order valence-corrected chi connectivity index (χ1v) is 8.09. The van der Waals surface area contributed by atoms with Crippen LogP contribution in [0, 0.1) is 0 Å². The second kappa shape index (κ2) is 12.3. The Morgan fingerprint density at radius 3 is 2.00 bits per heavy atom. The van der Waals surface area contributed by atoms with E-state index in [1.54, 1.807) is 0 Å². The summed E-state index contributed by atoms with van der Waals surface area (Å²) < 4.78 is 0. The quantitative estimate of drug-likeness (QED) is 0.516. The Labute approximate surface area is 111 Å². The van der Waals surface area contributed by atoms with Crippen LogP contribution in [0.15, 0.2) is 0 Å². The highest BCUT2D eigenvalue weighted by atomic mass is 32.2. The third kappa shape index (κ3) is 12.1. The molecular weight excluding hydrogens is 232 g/mol. The minimum Gasteiger partial charge on any atom is -0.481 e. The molecular formula is C14H28O2S. The van der Waals surface area contributed by atoms with E-state index >= 15 is 0 Å². The van der Waals surface area contributed by atoms with Crippen LogP contribution in [0.3, 0.4) is 0 Å². The molecule has 0 saturated carbocycles. The lowest BCUT2D eigenvalue weighted by Crippen LogP contribution is -2.06. The Morgan fingerprint density at radius 2 is 1.59 bits per heavy atom. The standard InChI is InChI=1S/C14H28O2S/c1-3-5-7-9-13(10-8-6-4-2)17-12-11-14(15)16/h13H,3-12H2,1-2H3,(H,15,16). The maximum atomic E-state index is 10.5.